The molecule has 0 saturated heterocycles. The summed E-state index contributed by atoms with van der Waals surface area (Å²) in [6.45, 7) is 0. The van der Waals surface area contributed by atoms with Crippen molar-refractivity contribution in [1.82, 2.24) is 0 Å². The minimum absolute atomic E-state index is 0. The summed E-state index contributed by atoms with van der Waals surface area (Å²) < 4.78 is 0. The molecule has 0 N–H and O–H groups in total. The van der Waals surface area contributed by atoms with Gasteiger partial charge in [0.15, 0.2) is 0 Å². The van der Waals surface area contributed by atoms with Gasteiger partial charge < -0.3 is 0 Å². The summed E-state index contributed by atoms with van der Waals surface area (Å²) in [4.78, 5) is 0. The van der Waals surface area contributed by atoms with E-state index in [1.165, 1.54) is 11.1 Å². The van der Waals surface area contributed by atoms with Crippen LogP contribution in [0.3, 0.4) is 0 Å². The SMILES string of the molecule is Br.Br.ClC=CCl. The molecule has 0 amide bonds. The van der Waals surface area contributed by atoms with Crippen LogP contribution in [0.2, 0.25) is 0 Å². The Hall–Kier alpha value is 1.28. The van der Waals surface area contributed by atoms with Gasteiger partial charge in [-0.15, -0.1) is 34.0 Å². The minimum Gasteiger partial charge on any atom is -0.114 e. The smallest absolute Gasteiger partial charge is 0.0156 e. The van der Waals surface area contributed by atoms with E-state index in [9.17, 15) is 0 Å². The van der Waals surface area contributed by atoms with Crippen molar-refractivity contribution in [3.63, 3.8) is 0 Å². The first-order valence-electron chi connectivity index (χ1n) is 0.770. The van der Waals surface area contributed by atoms with Crippen LogP contribution in [0.25, 0.3) is 0 Å². The molecule has 4 heteroatoms. The van der Waals surface area contributed by atoms with E-state index in [0.29, 0.717) is 0 Å². The van der Waals surface area contributed by atoms with Gasteiger partial charge in [0.25, 0.3) is 0 Å². The molecule has 0 unspecified atom stereocenters. The molecule has 0 aromatic heterocycles. The van der Waals surface area contributed by atoms with Crippen molar-refractivity contribution in [3.05, 3.63) is 11.1 Å². The van der Waals surface area contributed by atoms with Crippen molar-refractivity contribution in [3.8, 4) is 0 Å². The maximum absolute atomic E-state index is 4.87. The van der Waals surface area contributed by atoms with Gasteiger partial charge in [-0.25, -0.2) is 0 Å². The molecule has 0 heterocycles. The van der Waals surface area contributed by atoms with E-state index >= 15 is 0 Å². The lowest BCUT2D eigenvalue weighted by molar-refractivity contribution is 2.51. The Labute approximate surface area is 68.0 Å². The third-order valence-electron chi connectivity index (χ3n) is 0.0476. The second-order valence-electron chi connectivity index (χ2n) is 0.252. The van der Waals surface area contributed by atoms with Crippen LogP contribution in [-0.2, 0) is 0 Å². The first-order valence-corrected chi connectivity index (χ1v) is 1.64. The largest absolute Gasteiger partial charge is 0.114 e. The summed E-state index contributed by atoms with van der Waals surface area (Å²) in [5.74, 6) is 0. The van der Waals surface area contributed by atoms with Crippen LogP contribution >= 0.6 is 57.2 Å². The monoisotopic (exact) mass is 256 g/mol. The van der Waals surface area contributed by atoms with E-state index in [-0.39, 0.29) is 34.0 Å². The highest BCUT2D eigenvalue weighted by molar-refractivity contribution is 8.93. The zero-order valence-corrected chi connectivity index (χ0v) is 7.67. The molecule has 0 aromatic rings. The molecule has 0 aliphatic rings. The topological polar surface area (TPSA) is 0 Å². The van der Waals surface area contributed by atoms with E-state index in [4.69, 9.17) is 23.2 Å². The van der Waals surface area contributed by atoms with Crippen molar-refractivity contribution in [2.24, 2.45) is 0 Å². The quantitative estimate of drug-likeness (QED) is 0.626. The highest BCUT2D eigenvalue weighted by Crippen LogP contribution is 1.78. The Morgan fingerprint density at radius 3 is 1.00 bits per heavy atom. The molecule has 0 saturated carbocycles. The fourth-order valence-electron chi connectivity index (χ4n) is 0. The van der Waals surface area contributed by atoms with Gasteiger partial charge in [-0.2, -0.15) is 0 Å². The minimum atomic E-state index is 0. The normalized spacial score (nSPS) is 6.33. The van der Waals surface area contributed by atoms with Crippen LogP contribution in [0.4, 0.5) is 0 Å². The highest BCUT2D eigenvalue weighted by Gasteiger charge is 1.40. The van der Waals surface area contributed by atoms with Gasteiger partial charge in [0, 0.05) is 11.1 Å². The predicted molar refractivity (Wildman–Crippen MR) is 41.5 cm³/mol. The standard InChI is InChI=1S/C2H2Cl2.2BrH/c3-1-2-4;;/h1-2H;2*1H. The number of hydrogen-bond donors (Lipinski definition) is 0. The molecule has 0 spiro atoms. The summed E-state index contributed by atoms with van der Waals surface area (Å²) in [7, 11) is 0. The average Bonchev–Trinajstić information content (AvgIpc) is 1.37. The molecule has 0 rings (SSSR count). The summed E-state index contributed by atoms with van der Waals surface area (Å²) in [5.41, 5.74) is 2.48. The van der Waals surface area contributed by atoms with Gasteiger partial charge in [0.1, 0.15) is 0 Å². The lowest BCUT2D eigenvalue weighted by atomic mass is 11.3. The Morgan fingerprint density at radius 2 is 1.00 bits per heavy atom. The summed E-state index contributed by atoms with van der Waals surface area (Å²) in [5, 5.41) is 0. The van der Waals surface area contributed by atoms with Gasteiger partial charge in [0.2, 0.25) is 0 Å². The Bertz CT molecular complexity index is 24.7. The fraction of sp³-hybridized carbons (Fsp3) is 0. The van der Waals surface area contributed by atoms with E-state index in [1.54, 1.807) is 0 Å². The average molecular weight is 259 g/mol. The van der Waals surface area contributed by atoms with Crippen LogP contribution in [-0.4, -0.2) is 0 Å². The van der Waals surface area contributed by atoms with E-state index in [2.05, 4.69) is 0 Å². The molecule has 0 aromatic carbocycles. The van der Waals surface area contributed by atoms with Crippen LogP contribution < -0.4 is 0 Å². The molecule has 0 atom stereocenters. The van der Waals surface area contributed by atoms with Crippen LogP contribution in [0.1, 0.15) is 0 Å². The van der Waals surface area contributed by atoms with Crippen molar-refractivity contribution in [1.29, 1.82) is 0 Å². The van der Waals surface area contributed by atoms with E-state index < -0.39 is 0 Å². The molecule has 0 bridgehead atoms. The van der Waals surface area contributed by atoms with Gasteiger partial charge in [0.05, 0.1) is 0 Å². The van der Waals surface area contributed by atoms with E-state index in [1.807, 2.05) is 0 Å². The molecule has 0 radical (unpaired) electrons. The zero-order valence-electron chi connectivity index (χ0n) is 2.73. The number of rotatable bonds is 0. The fourth-order valence-corrected chi connectivity index (χ4v) is 0. The first-order chi connectivity index (χ1) is 1.91. The molecule has 0 aliphatic carbocycles. The van der Waals surface area contributed by atoms with Crippen molar-refractivity contribution in [2.75, 3.05) is 0 Å². The lowest BCUT2D eigenvalue weighted by Gasteiger charge is -1.44. The highest BCUT2D eigenvalue weighted by atomic mass is 79.9. The molecular formula is C2H4Br2Cl2. The number of halogens is 4. The maximum atomic E-state index is 4.87. The molecule has 0 fully saturated rings. The Kier molecular flexibility index (Phi) is 42.5. The molecule has 0 aliphatic heterocycles. The Balaban J connectivity index is -0.0000000450. The van der Waals surface area contributed by atoms with Crippen molar-refractivity contribution in [2.45, 2.75) is 0 Å². The summed E-state index contributed by atoms with van der Waals surface area (Å²) >= 11 is 9.75. The molecule has 6 heavy (non-hydrogen) atoms. The molecule has 40 valence electrons. The first kappa shape index (κ1) is 15.7. The second kappa shape index (κ2) is 16.3. The van der Waals surface area contributed by atoms with Crippen molar-refractivity contribution >= 4 is 57.2 Å². The van der Waals surface area contributed by atoms with Crippen LogP contribution in [0, 0.1) is 0 Å². The second-order valence-corrected chi connectivity index (χ2v) is 0.756. The van der Waals surface area contributed by atoms with Gasteiger partial charge in [-0.05, 0) is 0 Å². The van der Waals surface area contributed by atoms with Gasteiger partial charge in [-0.1, -0.05) is 23.2 Å². The van der Waals surface area contributed by atoms with Gasteiger partial charge >= 0.3 is 0 Å². The van der Waals surface area contributed by atoms with Crippen molar-refractivity contribution < 1.29 is 0 Å². The zero-order chi connectivity index (χ0) is 3.41. The maximum Gasteiger partial charge on any atom is 0.0156 e. The molecule has 0 nitrogen and oxygen atoms in total. The third kappa shape index (κ3) is 18.6. The lowest BCUT2D eigenvalue weighted by Crippen LogP contribution is -1.11. The predicted octanol–water partition coefficient (Wildman–Crippen LogP) is 3.09. The van der Waals surface area contributed by atoms with E-state index in [0.717, 1.165) is 0 Å². The molecular weight excluding hydrogens is 255 g/mol. The van der Waals surface area contributed by atoms with Gasteiger partial charge in [-0.3, -0.25) is 0 Å². The summed E-state index contributed by atoms with van der Waals surface area (Å²) in [6.07, 6.45) is 0. The summed E-state index contributed by atoms with van der Waals surface area (Å²) in [6, 6.07) is 0. The van der Waals surface area contributed by atoms with Crippen LogP contribution in [0.5, 0.6) is 0 Å². The van der Waals surface area contributed by atoms with Crippen LogP contribution in [0.15, 0.2) is 11.1 Å². The number of hydrogen-bond acceptors (Lipinski definition) is 0. The third-order valence-corrected chi connectivity index (χ3v) is 0.429. The Morgan fingerprint density at radius 1 is 0.833 bits per heavy atom.